The van der Waals surface area contributed by atoms with E-state index in [1.54, 1.807) is 0 Å². The van der Waals surface area contributed by atoms with E-state index in [4.69, 9.17) is 5.11 Å². The molecule has 1 rings (SSSR count). The number of rotatable bonds is 1. The first kappa shape index (κ1) is 7.46. The summed E-state index contributed by atoms with van der Waals surface area (Å²) in [7, 11) is 2.65. The van der Waals surface area contributed by atoms with E-state index in [1.807, 2.05) is 0 Å². The van der Waals surface area contributed by atoms with Crippen LogP contribution >= 0.6 is 9.39 Å². The van der Waals surface area contributed by atoms with E-state index in [-0.39, 0.29) is 0 Å². The lowest BCUT2D eigenvalue weighted by Crippen LogP contribution is -2.22. The normalized spacial score (nSPS) is 37.7. The van der Waals surface area contributed by atoms with E-state index in [0.717, 1.165) is 18.9 Å². The van der Waals surface area contributed by atoms with Gasteiger partial charge in [-0.2, -0.15) is 0 Å². The van der Waals surface area contributed by atoms with Crippen molar-refractivity contribution in [3.05, 3.63) is 0 Å². The molecule has 0 radical (unpaired) electrons. The Kier molecular flexibility index (Phi) is 2.45. The number of aliphatic hydroxyl groups excluding tert-OH is 1. The third-order valence-electron chi connectivity index (χ3n) is 1.88. The molecule has 1 aliphatic rings. The molecule has 1 unspecified atom stereocenters. The van der Waals surface area contributed by atoms with Gasteiger partial charge in [-0.05, 0) is 12.3 Å². The molecular formula is C6H14NOP. The summed E-state index contributed by atoms with van der Waals surface area (Å²) in [6.07, 6.45) is 1.14. The highest BCUT2D eigenvalue weighted by Gasteiger charge is 2.25. The zero-order valence-corrected chi connectivity index (χ0v) is 6.90. The smallest absolute Gasteiger partial charge is 0.0590 e. The van der Waals surface area contributed by atoms with Crippen molar-refractivity contribution in [3.8, 4) is 0 Å². The summed E-state index contributed by atoms with van der Waals surface area (Å²) in [6.45, 7) is 3.62. The summed E-state index contributed by atoms with van der Waals surface area (Å²) < 4.78 is 2.14. The van der Waals surface area contributed by atoms with Crippen molar-refractivity contribution < 1.29 is 5.11 Å². The minimum absolute atomic E-state index is 0.299. The molecule has 0 saturated carbocycles. The van der Waals surface area contributed by atoms with E-state index in [9.17, 15) is 0 Å². The van der Waals surface area contributed by atoms with Gasteiger partial charge in [0.05, 0.1) is 6.61 Å². The fourth-order valence-corrected chi connectivity index (χ4v) is 1.94. The molecule has 0 spiro atoms. The van der Waals surface area contributed by atoms with Crippen molar-refractivity contribution in [3.63, 3.8) is 0 Å². The van der Waals surface area contributed by atoms with E-state index in [2.05, 4.69) is 21.0 Å². The van der Waals surface area contributed by atoms with Crippen molar-refractivity contribution in [2.24, 2.45) is 5.92 Å². The van der Waals surface area contributed by atoms with Gasteiger partial charge < -0.3 is 5.11 Å². The average molecular weight is 147 g/mol. The molecule has 3 heteroatoms. The molecule has 1 N–H and O–H groups in total. The lowest BCUT2D eigenvalue weighted by molar-refractivity contribution is 0.220. The van der Waals surface area contributed by atoms with Crippen LogP contribution < -0.4 is 0 Å². The Hall–Kier alpha value is 0.350. The van der Waals surface area contributed by atoms with Crippen molar-refractivity contribution in [1.82, 2.24) is 4.67 Å². The largest absolute Gasteiger partial charge is 0.395 e. The van der Waals surface area contributed by atoms with Gasteiger partial charge in [-0.1, -0.05) is 16.3 Å². The van der Waals surface area contributed by atoms with Gasteiger partial charge in [0, 0.05) is 12.6 Å². The van der Waals surface area contributed by atoms with Crippen molar-refractivity contribution in [2.45, 2.75) is 19.4 Å². The monoisotopic (exact) mass is 147 g/mol. The van der Waals surface area contributed by atoms with Crippen molar-refractivity contribution in [2.75, 3.05) is 13.2 Å². The summed E-state index contributed by atoms with van der Waals surface area (Å²) in [5.74, 6) is 0.750. The van der Waals surface area contributed by atoms with Crippen LogP contribution in [0.1, 0.15) is 13.3 Å². The molecule has 1 heterocycles. The molecule has 9 heavy (non-hydrogen) atoms. The highest BCUT2D eigenvalue weighted by Crippen LogP contribution is 2.24. The second kappa shape index (κ2) is 2.96. The number of hydrogen-bond acceptors (Lipinski definition) is 2. The zero-order valence-electron chi connectivity index (χ0n) is 5.75. The van der Waals surface area contributed by atoms with Crippen LogP contribution in [0.4, 0.5) is 0 Å². The van der Waals surface area contributed by atoms with E-state index in [1.165, 1.54) is 0 Å². The second-order valence-corrected chi connectivity index (χ2v) is 3.54. The summed E-state index contributed by atoms with van der Waals surface area (Å²) in [4.78, 5) is 0. The molecule has 0 aromatic carbocycles. The van der Waals surface area contributed by atoms with E-state index in [0.29, 0.717) is 12.6 Å². The topological polar surface area (TPSA) is 23.5 Å². The van der Waals surface area contributed by atoms with Gasteiger partial charge in [0.25, 0.3) is 0 Å². The van der Waals surface area contributed by atoms with Gasteiger partial charge in [-0.3, -0.25) is 4.67 Å². The maximum atomic E-state index is 8.80. The molecule has 0 bridgehead atoms. The lowest BCUT2D eigenvalue weighted by atomic mass is 10.1. The first-order valence-corrected chi connectivity index (χ1v) is 3.88. The Balaban J connectivity index is 2.38. The van der Waals surface area contributed by atoms with Crippen LogP contribution in [0, 0.1) is 5.92 Å². The summed E-state index contributed by atoms with van der Waals surface area (Å²) in [5, 5.41) is 8.80. The van der Waals surface area contributed by atoms with Gasteiger partial charge >= 0.3 is 0 Å². The molecule has 2 nitrogen and oxygen atoms in total. The van der Waals surface area contributed by atoms with Gasteiger partial charge in [-0.15, -0.1) is 0 Å². The lowest BCUT2D eigenvalue weighted by Gasteiger charge is -2.14. The van der Waals surface area contributed by atoms with Crippen LogP contribution in [0.3, 0.4) is 0 Å². The van der Waals surface area contributed by atoms with Crippen LogP contribution in [0.2, 0.25) is 0 Å². The van der Waals surface area contributed by atoms with Crippen molar-refractivity contribution in [1.29, 1.82) is 0 Å². The standard InChI is InChI=1S/C6H14NOP/c1-5-2-6(4-8)7(9)3-5/h5-6,8H,2-4,9H2,1H3/t5-,6-/m0/s1. The van der Waals surface area contributed by atoms with Gasteiger partial charge in [0.15, 0.2) is 0 Å². The zero-order chi connectivity index (χ0) is 6.85. The average Bonchev–Trinajstić information content (AvgIpc) is 2.10. The Morgan fingerprint density at radius 1 is 1.78 bits per heavy atom. The first-order valence-electron chi connectivity index (χ1n) is 3.36. The molecule has 54 valence electrons. The molecule has 0 amide bonds. The molecule has 0 aromatic heterocycles. The second-order valence-electron chi connectivity index (χ2n) is 2.87. The maximum absolute atomic E-state index is 8.80. The third kappa shape index (κ3) is 1.64. The fraction of sp³-hybridized carbons (Fsp3) is 1.00. The fourth-order valence-electron chi connectivity index (χ4n) is 1.36. The molecule has 1 fully saturated rings. The predicted octanol–water partition coefficient (Wildman–Crippen LogP) is 0.479. The van der Waals surface area contributed by atoms with Gasteiger partial charge in [-0.25, -0.2) is 0 Å². The predicted molar refractivity (Wildman–Crippen MR) is 41.1 cm³/mol. The summed E-state index contributed by atoms with van der Waals surface area (Å²) in [6, 6.07) is 0.394. The maximum Gasteiger partial charge on any atom is 0.0590 e. The summed E-state index contributed by atoms with van der Waals surface area (Å²) in [5.41, 5.74) is 0. The highest BCUT2D eigenvalue weighted by atomic mass is 31.0. The Morgan fingerprint density at radius 2 is 2.44 bits per heavy atom. The Labute approximate surface area is 58.5 Å². The molecule has 0 aromatic rings. The Morgan fingerprint density at radius 3 is 2.67 bits per heavy atom. The van der Waals surface area contributed by atoms with Crippen LogP contribution in [0.5, 0.6) is 0 Å². The van der Waals surface area contributed by atoms with Crippen LogP contribution in [0.15, 0.2) is 0 Å². The first-order chi connectivity index (χ1) is 4.24. The summed E-state index contributed by atoms with van der Waals surface area (Å²) >= 11 is 0. The quantitative estimate of drug-likeness (QED) is 0.545. The SMILES string of the molecule is C[C@H]1C[C@@H](CO)N(P)C1. The van der Waals surface area contributed by atoms with E-state index < -0.39 is 0 Å². The minimum atomic E-state index is 0.299. The van der Waals surface area contributed by atoms with Gasteiger partial charge in [0.2, 0.25) is 0 Å². The van der Waals surface area contributed by atoms with Crippen LogP contribution in [-0.2, 0) is 0 Å². The number of nitrogens with zero attached hydrogens (tertiary/aromatic N) is 1. The minimum Gasteiger partial charge on any atom is -0.395 e. The van der Waals surface area contributed by atoms with Crippen molar-refractivity contribution >= 4 is 9.39 Å². The van der Waals surface area contributed by atoms with Crippen LogP contribution in [0.25, 0.3) is 0 Å². The van der Waals surface area contributed by atoms with E-state index >= 15 is 0 Å². The molecule has 0 aliphatic carbocycles. The van der Waals surface area contributed by atoms with Gasteiger partial charge in [0.1, 0.15) is 0 Å². The van der Waals surface area contributed by atoms with Crippen LogP contribution in [-0.4, -0.2) is 29.0 Å². The number of hydrogen-bond donors (Lipinski definition) is 1. The highest BCUT2D eigenvalue weighted by molar-refractivity contribution is 7.13. The third-order valence-corrected chi connectivity index (χ3v) is 2.51. The molecule has 1 saturated heterocycles. The molecule has 3 atom stereocenters. The molecular weight excluding hydrogens is 133 g/mol. The Bertz CT molecular complexity index is 99.1. The number of aliphatic hydroxyl groups is 1. The molecule has 1 aliphatic heterocycles.